The molecule has 1 fully saturated rings. The van der Waals surface area contributed by atoms with Crippen molar-refractivity contribution in [2.45, 2.75) is 25.4 Å². The fourth-order valence-electron chi connectivity index (χ4n) is 3.10. The molecule has 0 bridgehead atoms. The van der Waals surface area contributed by atoms with Crippen LogP contribution in [0.3, 0.4) is 0 Å². The molecule has 0 saturated carbocycles. The van der Waals surface area contributed by atoms with Crippen LogP contribution < -0.4 is 10.1 Å². The molecule has 1 aliphatic heterocycles. The van der Waals surface area contributed by atoms with Gasteiger partial charge in [-0.1, -0.05) is 5.10 Å². The molecule has 0 radical (unpaired) electrons. The molecule has 0 amide bonds. The largest absolute Gasteiger partial charge is 0.507 e. The molecule has 134 valence electrons. The molecule has 0 aliphatic carbocycles. The highest BCUT2D eigenvalue weighted by molar-refractivity contribution is 5.67. The standard InChI is InChI=1S/C19H21N5O2/c25-18-12-14(24-10-1-2-11-24)5-6-16(18)17-13-21-19(23-22-17)26-15-4-3-8-20-9-7-15/h1-2,5-6,10-13,15,20,25H,3-4,7-9H2/t15-/m0/s1. The molecule has 1 aliphatic rings. The lowest BCUT2D eigenvalue weighted by Gasteiger charge is -2.14. The molecule has 1 saturated heterocycles. The summed E-state index contributed by atoms with van der Waals surface area (Å²) in [5.41, 5.74) is 1.97. The molecule has 1 atom stereocenters. The molecule has 7 heteroatoms. The number of aromatic hydroxyl groups is 1. The van der Waals surface area contributed by atoms with Crippen molar-refractivity contribution in [1.29, 1.82) is 0 Å². The summed E-state index contributed by atoms with van der Waals surface area (Å²) in [7, 11) is 0. The highest BCUT2D eigenvalue weighted by Crippen LogP contribution is 2.29. The number of benzene rings is 1. The monoisotopic (exact) mass is 351 g/mol. The van der Waals surface area contributed by atoms with Crippen LogP contribution in [0.15, 0.2) is 48.9 Å². The summed E-state index contributed by atoms with van der Waals surface area (Å²) in [6.45, 7) is 1.97. The molecule has 2 N–H and O–H groups in total. The maximum absolute atomic E-state index is 10.4. The smallest absolute Gasteiger partial charge is 0.335 e. The van der Waals surface area contributed by atoms with Gasteiger partial charge >= 0.3 is 6.01 Å². The normalized spacial score (nSPS) is 17.6. The molecule has 0 spiro atoms. The Hall–Kier alpha value is -2.93. The van der Waals surface area contributed by atoms with E-state index >= 15 is 0 Å². The van der Waals surface area contributed by atoms with E-state index in [2.05, 4.69) is 20.5 Å². The molecular weight excluding hydrogens is 330 g/mol. The van der Waals surface area contributed by atoms with Crippen molar-refractivity contribution in [3.8, 4) is 28.7 Å². The SMILES string of the molecule is Oc1cc(-n2cccc2)ccc1-c1cnc(O[C@H]2CCCNCC2)nn1. The second-order valence-corrected chi connectivity index (χ2v) is 6.34. The number of hydrogen-bond donors (Lipinski definition) is 2. The third kappa shape index (κ3) is 3.67. The van der Waals surface area contributed by atoms with E-state index in [9.17, 15) is 5.11 Å². The number of rotatable bonds is 4. The van der Waals surface area contributed by atoms with Gasteiger partial charge in [-0.3, -0.25) is 0 Å². The lowest BCUT2D eigenvalue weighted by molar-refractivity contribution is 0.169. The van der Waals surface area contributed by atoms with Gasteiger partial charge in [0.15, 0.2) is 0 Å². The van der Waals surface area contributed by atoms with E-state index < -0.39 is 0 Å². The summed E-state index contributed by atoms with van der Waals surface area (Å²) >= 11 is 0. The third-order valence-electron chi connectivity index (χ3n) is 4.50. The van der Waals surface area contributed by atoms with Gasteiger partial charge in [-0.05, 0) is 56.6 Å². The molecule has 4 rings (SSSR count). The Labute approximate surface area is 151 Å². The first-order chi connectivity index (χ1) is 12.8. The van der Waals surface area contributed by atoms with Crippen molar-refractivity contribution < 1.29 is 9.84 Å². The molecule has 3 heterocycles. The fraction of sp³-hybridized carbons (Fsp3) is 0.316. The summed E-state index contributed by atoms with van der Waals surface area (Å²) in [6.07, 6.45) is 8.55. The Bertz CT molecular complexity index is 841. The zero-order chi connectivity index (χ0) is 17.8. The van der Waals surface area contributed by atoms with Crippen molar-refractivity contribution >= 4 is 0 Å². The van der Waals surface area contributed by atoms with Crippen LogP contribution >= 0.6 is 0 Å². The van der Waals surface area contributed by atoms with Crippen LogP contribution in [0.1, 0.15) is 19.3 Å². The number of nitrogens with zero attached hydrogens (tertiary/aromatic N) is 4. The number of nitrogens with one attached hydrogen (secondary N) is 1. The van der Waals surface area contributed by atoms with Crippen molar-refractivity contribution in [1.82, 2.24) is 25.1 Å². The van der Waals surface area contributed by atoms with E-state index in [1.54, 1.807) is 12.3 Å². The van der Waals surface area contributed by atoms with E-state index in [0.717, 1.165) is 38.0 Å². The second-order valence-electron chi connectivity index (χ2n) is 6.34. The molecule has 1 aromatic carbocycles. The van der Waals surface area contributed by atoms with Gasteiger partial charge in [0, 0.05) is 29.7 Å². The van der Waals surface area contributed by atoms with Crippen LogP contribution in [-0.4, -0.2) is 44.0 Å². The van der Waals surface area contributed by atoms with Gasteiger partial charge in [0.05, 0.1) is 6.20 Å². The third-order valence-corrected chi connectivity index (χ3v) is 4.50. The van der Waals surface area contributed by atoms with Crippen molar-refractivity contribution in [3.05, 3.63) is 48.9 Å². The van der Waals surface area contributed by atoms with E-state index in [4.69, 9.17) is 4.74 Å². The van der Waals surface area contributed by atoms with Gasteiger partial charge in [0.2, 0.25) is 0 Å². The first-order valence-electron chi connectivity index (χ1n) is 8.83. The zero-order valence-electron chi connectivity index (χ0n) is 14.4. The molecule has 2 aromatic heterocycles. The van der Waals surface area contributed by atoms with Gasteiger partial charge in [0.25, 0.3) is 0 Å². The minimum Gasteiger partial charge on any atom is -0.507 e. The minimum atomic E-state index is 0.118. The maximum atomic E-state index is 10.4. The minimum absolute atomic E-state index is 0.118. The summed E-state index contributed by atoms with van der Waals surface area (Å²) in [5, 5.41) is 22.0. The van der Waals surface area contributed by atoms with E-state index in [1.165, 1.54) is 0 Å². The molecule has 0 unspecified atom stereocenters. The summed E-state index contributed by atoms with van der Waals surface area (Å²) in [6, 6.07) is 9.57. The second kappa shape index (κ2) is 7.53. The van der Waals surface area contributed by atoms with Crippen LogP contribution in [0.5, 0.6) is 11.8 Å². The topological polar surface area (TPSA) is 85.1 Å². The van der Waals surface area contributed by atoms with E-state index in [1.807, 2.05) is 41.2 Å². The van der Waals surface area contributed by atoms with Gasteiger partial charge in [-0.25, -0.2) is 4.98 Å². The zero-order valence-corrected chi connectivity index (χ0v) is 14.4. The van der Waals surface area contributed by atoms with Crippen LogP contribution in [0.25, 0.3) is 16.9 Å². The number of hydrogen-bond acceptors (Lipinski definition) is 6. The predicted octanol–water partition coefficient (Wildman–Crippen LogP) is 2.56. The highest BCUT2D eigenvalue weighted by Gasteiger charge is 2.15. The lowest BCUT2D eigenvalue weighted by atomic mass is 10.1. The van der Waals surface area contributed by atoms with Crippen molar-refractivity contribution in [3.63, 3.8) is 0 Å². The van der Waals surface area contributed by atoms with Gasteiger partial charge < -0.3 is 19.7 Å². The summed E-state index contributed by atoms with van der Waals surface area (Å²) in [5.74, 6) is 0.135. The van der Waals surface area contributed by atoms with Gasteiger partial charge in [-0.15, -0.1) is 5.10 Å². The van der Waals surface area contributed by atoms with Crippen LogP contribution in [0.2, 0.25) is 0 Å². The predicted molar refractivity (Wildman–Crippen MR) is 97.4 cm³/mol. The van der Waals surface area contributed by atoms with Gasteiger partial charge in [-0.2, -0.15) is 0 Å². The molecule has 26 heavy (non-hydrogen) atoms. The number of ether oxygens (including phenoxy) is 1. The first-order valence-corrected chi connectivity index (χ1v) is 8.83. The first kappa shape index (κ1) is 16.5. The number of phenols is 1. The van der Waals surface area contributed by atoms with Crippen LogP contribution in [-0.2, 0) is 0 Å². The van der Waals surface area contributed by atoms with Gasteiger partial charge in [0.1, 0.15) is 17.5 Å². The van der Waals surface area contributed by atoms with Crippen molar-refractivity contribution in [2.75, 3.05) is 13.1 Å². The Morgan fingerprint density at radius 2 is 2.00 bits per heavy atom. The number of phenolic OH excluding ortho intramolecular Hbond substituents is 1. The fourth-order valence-corrected chi connectivity index (χ4v) is 3.10. The molecule has 7 nitrogen and oxygen atoms in total. The number of aromatic nitrogens is 4. The summed E-state index contributed by atoms with van der Waals surface area (Å²) in [4.78, 5) is 4.26. The Morgan fingerprint density at radius 1 is 1.12 bits per heavy atom. The lowest BCUT2D eigenvalue weighted by Crippen LogP contribution is -2.20. The summed E-state index contributed by atoms with van der Waals surface area (Å²) < 4.78 is 7.76. The molecule has 3 aromatic rings. The Balaban J connectivity index is 1.49. The van der Waals surface area contributed by atoms with Crippen LogP contribution in [0.4, 0.5) is 0 Å². The van der Waals surface area contributed by atoms with Crippen molar-refractivity contribution in [2.24, 2.45) is 0 Å². The Kier molecular flexibility index (Phi) is 4.79. The highest BCUT2D eigenvalue weighted by atomic mass is 16.5. The van der Waals surface area contributed by atoms with Crippen LogP contribution in [0, 0.1) is 0 Å². The van der Waals surface area contributed by atoms with E-state index in [-0.39, 0.29) is 17.9 Å². The van der Waals surface area contributed by atoms with E-state index in [0.29, 0.717) is 11.3 Å². The average Bonchev–Trinajstić information content (AvgIpc) is 3.08. The quantitative estimate of drug-likeness (QED) is 0.751. The maximum Gasteiger partial charge on any atom is 0.335 e. The Morgan fingerprint density at radius 3 is 2.77 bits per heavy atom. The average molecular weight is 351 g/mol. The molecular formula is C19H21N5O2.